The van der Waals surface area contributed by atoms with Crippen molar-refractivity contribution in [1.82, 2.24) is 0 Å². The van der Waals surface area contributed by atoms with Gasteiger partial charge in [-0.3, -0.25) is 0 Å². The number of rotatable bonds is 5. The summed E-state index contributed by atoms with van der Waals surface area (Å²) in [6.07, 6.45) is 8.71. The second-order valence-electron chi connectivity index (χ2n) is 5.67. The van der Waals surface area contributed by atoms with E-state index in [1.54, 1.807) is 0 Å². The Labute approximate surface area is 97.8 Å². The quantitative estimate of drug-likeness (QED) is 0.551. The second-order valence-corrected chi connectivity index (χ2v) is 5.67. The molecule has 0 bridgehead atoms. The van der Waals surface area contributed by atoms with Gasteiger partial charge >= 0.3 is 0 Å². The Kier molecular flexibility index (Phi) is 7.30. The molecule has 0 radical (unpaired) electrons. The van der Waals surface area contributed by atoms with Crippen LogP contribution < -0.4 is 0 Å². The molecule has 0 unspecified atom stereocenters. The van der Waals surface area contributed by atoms with E-state index in [4.69, 9.17) is 0 Å². The van der Waals surface area contributed by atoms with Crippen LogP contribution in [0.15, 0.2) is 0 Å². The third-order valence-electron chi connectivity index (χ3n) is 4.10. The molecule has 0 nitrogen and oxygen atoms in total. The minimum atomic E-state index is 0.595. The van der Waals surface area contributed by atoms with Crippen molar-refractivity contribution in [3.8, 4) is 0 Å². The molecule has 0 spiro atoms. The lowest BCUT2D eigenvalue weighted by Gasteiger charge is -2.36. The van der Waals surface area contributed by atoms with Gasteiger partial charge in [-0.2, -0.15) is 0 Å². The van der Waals surface area contributed by atoms with E-state index in [1.165, 1.54) is 38.5 Å². The number of hydrogen-bond acceptors (Lipinski definition) is 0. The molecule has 0 heterocycles. The van der Waals surface area contributed by atoms with Gasteiger partial charge in [-0.25, -0.2) is 0 Å². The summed E-state index contributed by atoms with van der Waals surface area (Å²) < 4.78 is 0. The average Bonchev–Trinajstić information content (AvgIpc) is 2.19. The molecule has 92 valence electrons. The van der Waals surface area contributed by atoms with Gasteiger partial charge in [0, 0.05) is 0 Å². The molecule has 0 atom stereocenters. The molecule has 1 aliphatic carbocycles. The van der Waals surface area contributed by atoms with Gasteiger partial charge in [0.25, 0.3) is 0 Å². The highest BCUT2D eigenvalue weighted by Crippen LogP contribution is 2.41. The van der Waals surface area contributed by atoms with Gasteiger partial charge in [-0.1, -0.05) is 54.4 Å². The third-order valence-corrected chi connectivity index (χ3v) is 4.10. The molecule has 0 amide bonds. The van der Waals surface area contributed by atoms with Gasteiger partial charge in [-0.15, -0.1) is 0 Å². The molecule has 0 aliphatic heterocycles. The summed E-state index contributed by atoms with van der Waals surface area (Å²) in [6.45, 7) is 13.5. The molecule has 1 aliphatic rings. The summed E-state index contributed by atoms with van der Waals surface area (Å²) >= 11 is 0. The van der Waals surface area contributed by atoms with Crippen LogP contribution in [-0.4, -0.2) is 0 Å². The molecule has 0 saturated heterocycles. The molecule has 0 aromatic rings. The molecule has 1 fully saturated rings. The van der Waals surface area contributed by atoms with Gasteiger partial charge in [0.2, 0.25) is 0 Å². The lowest BCUT2D eigenvalue weighted by atomic mass is 9.69. The molecule has 0 N–H and O–H groups in total. The molecular formula is C15H32. The average molecular weight is 212 g/mol. The number of hydrogen-bond donors (Lipinski definition) is 0. The Morgan fingerprint density at radius 2 is 1.53 bits per heavy atom. The van der Waals surface area contributed by atoms with Crippen molar-refractivity contribution in [3.63, 3.8) is 0 Å². The van der Waals surface area contributed by atoms with Crippen molar-refractivity contribution < 1.29 is 0 Å². The first-order chi connectivity index (χ1) is 7.07. The smallest absolute Gasteiger partial charge is 0.0357 e. The largest absolute Gasteiger partial charge is 0.0683 e. The first-order valence-corrected chi connectivity index (χ1v) is 7.07. The molecule has 1 saturated carbocycles. The SMILES string of the molecule is CC.CCC1CC(CCC(C)(C)CC)C1. The van der Waals surface area contributed by atoms with Gasteiger partial charge in [0.15, 0.2) is 0 Å². The van der Waals surface area contributed by atoms with E-state index in [0.29, 0.717) is 5.41 Å². The maximum Gasteiger partial charge on any atom is -0.0357 e. The Morgan fingerprint density at radius 3 is 1.93 bits per heavy atom. The van der Waals surface area contributed by atoms with Gasteiger partial charge < -0.3 is 0 Å². The summed E-state index contributed by atoms with van der Waals surface area (Å²) in [5, 5.41) is 0. The third kappa shape index (κ3) is 5.58. The first-order valence-electron chi connectivity index (χ1n) is 7.07. The predicted molar refractivity (Wildman–Crippen MR) is 71.2 cm³/mol. The van der Waals surface area contributed by atoms with Crippen molar-refractivity contribution >= 4 is 0 Å². The summed E-state index contributed by atoms with van der Waals surface area (Å²) in [6, 6.07) is 0. The van der Waals surface area contributed by atoms with Gasteiger partial charge in [0.05, 0.1) is 0 Å². The molecule has 15 heavy (non-hydrogen) atoms. The van der Waals surface area contributed by atoms with E-state index in [-0.39, 0.29) is 0 Å². The zero-order valence-electron chi connectivity index (χ0n) is 11.9. The Balaban J connectivity index is 0.000000921. The van der Waals surface area contributed by atoms with Crippen molar-refractivity contribution in [2.45, 2.75) is 80.1 Å². The predicted octanol–water partition coefficient (Wildman–Crippen LogP) is 5.67. The van der Waals surface area contributed by atoms with Crippen molar-refractivity contribution in [2.24, 2.45) is 17.3 Å². The zero-order valence-corrected chi connectivity index (χ0v) is 11.9. The van der Waals surface area contributed by atoms with Crippen molar-refractivity contribution in [2.75, 3.05) is 0 Å². The fraction of sp³-hybridized carbons (Fsp3) is 1.00. The summed E-state index contributed by atoms with van der Waals surface area (Å²) in [5.41, 5.74) is 0.595. The Morgan fingerprint density at radius 1 is 1.00 bits per heavy atom. The lowest BCUT2D eigenvalue weighted by Crippen LogP contribution is -2.24. The van der Waals surface area contributed by atoms with E-state index in [1.807, 2.05) is 13.8 Å². The van der Waals surface area contributed by atoms with Gasteiger partial charge in [-0.05, 0) is 42.9 Å². The van der Waals surface area contributed by atoms with Crippen LogP contribution >= 0.6 is 0 Å². The minimum Gasteiger partial charge on any atom is -0.0683 e. The zero-order chi connectivity index (χ0) is 11.9. The molecule has 0 aromatic heterocycles. The molecule has 0 aromatic carbocycles. The second kappa shape index (κ2) is 7.30. The molecule has 1 rings (SSSR count). The fourth-order valence-corrected chi connectivity index (χ4v) is 2.21. The van der Waals surface area contributed by atoms with Crippen LogP contribution in [0, 0.1) is 17.3 Å². The standard InChI is InChI=1S/C13H26.C2H6/c1-5-11-9-12(10-11)7-8-13(3,4)6-2;1-2/h11-12H,5-10H2,1-4H3;1-2H3. The summed E-state index contributed by atoms with van der Waals surface area (Å²) in [4.78, 5) is 0. The highest BCUT2D eigenvalue weighted by atomic mass is 14.3. The van der Waals surface area contributed by atoms with Crippen LogP contribution in [0.4, 0.5) is 0 Å². The van der Waals surface area contributed by atoms with Gasteiger partial charge in [0.1, 0.15) is 0 Å². The van der Waals surface area contributed by atoms with Crippen LogP contribution in [0.5, 0.6) is 0 Å². The van der Waals surface area contributed by atoms with E-state index in [0.717, 1.165) is 11.8 Å². The van der Waals surface area contributed by atoms with Crippen LogP contribution in [0.2, 0.25) is 0 Å². The topological polar surface area (TPSA) is 0 Å². The maximum atomic E-state index is 2.41. The van der Waals surface area contributed by atoms with Crippen molar-refractivity contribution in [3.05, 3.63) is 0 Å². The van der Waals surface area contributed by atoms with Crippen molar-refractivity contribution in [1.29, 1.82) is 0 Å². The summed E-state index contributed by atoms with van der Waals surface area (Å²) in [7, 11) is 0. The minimum absolute atomic E-state index is 0.595. The van der Waals surface area contributed by atoms with Crippen LogP contribution in [0.3, 0.4) is 0 Å². The Hall–Kier alpha value is 0. The maximum absolute atomic E-state index is 2.41. The van der Waals surface area contributed by atoms with E-state index in [9.17, 15) is 0 Å². The summed E-state index contributed by atoms with van der Waals surface area (Å²) in [5.74, 6) is 2.16. The van der Waals surface area contributed by atoms with Crippen LogP contribution in [0.1, 0.15) is 80.1 Å². The first kappa shape index (κ1) is 15.0. The highest BCUT2D eigenvalue weighted by Gasteiger charge is 2.28. The van der Waals surface area contributed by atoms with E-state index < -0.39 is 0 Å². The molecule has 0 heteroatoms. The lowest BCUT2D eigenvalue weighted by molar-refractivity contribution is 0.152. The normalized spacial score (nSPS) is 25.2. The Bertz CT molecular complexity index is 140. The van der Waals surface area contributed by atoms with Crippen LogP contribution in [0.25, 0.3) is 0 Å². The molecular weight excluding hydrogens is 180 g/mol. The van der Waals surface area contributed by atoms with E-state index >= 15 is 0 Å². The van der Waals surface area contributed by atoms with E-state index in [2.05, 4.69) is 27.7 Å². The highest BCUT2D eigenvalue weighted by molar-refractivity contribution is 4.80. The monoisotopic (exact) mass is 212 g/mol. The fourth-order valence-electron chi connectivity index (χ4n) is 2.21. The van der Waals surface area contributed by atoms with Crippen LogP contribution in [-0.2, 0) is 0 Å².